The van der Waals surface area contributed by atoms with Gasteiger partial charge in [0.25, 0.3) is 0 Å². The molecular weight excluding hydrogens is 250 g/mol. The molecule has 7 heteroatoms. The maximum Gasteiger partial charge on any atom is 0.303 e. The lowest BCUT2D eigenvalue weighted by Crippen LogP contribution is -2.48. The van der Waals surface area contributed by atoms with Crippen molar-refractivity contribution in [1.29, 1.82) is 0 Å². The van der Waals surface area contributed by atoms with Gasteiger partial charge in [0.1, 0.15) is 6.04 Å². The van der Waals surface area contributed by atoms with Gasteiger partial charge in [-0.15, -0.1) is 0 Å². The van der Waals surface area contributed by atoms with Gasteiger partial charge in [-0.1, -0.05) is 0 Å². The van der Waals surface area contributed by atoms with Crippen LogP contribution >= 0.6 is 0 Å². The molecule has 0 aliphatic carbocycles. The van der Waals surface area contributed by atoms with Crippen LogP contribution in [0.3, 0.4) is 0 Å². The van der Waals surface area contributed by atoms with Crippen molar-refractivity contribution in [1.82, 2.24) is 15.1 Å². The number of carbonyl (C=O) groups excluding carboxylic acids is 2. The number of rotatable bonds is 8. The third kappa shape index (κ3) is 7.40. The second-order valence-corrected chi connectivity index (χ2v) is 4.67. The zero-order chi connectivity index (χ0) is 15.0. The predicted octanol–water partition coefficient (Wildman–Crippen LogP) is -0.624. The maximum atomic E-state index is 12.0. The van der Waals surface area contributed by atoms with Crippen LogP contribution < -0.4 is 5.32 Å². The Balaban J connectivity index is 4.49. The van der Waals surface area contributed by atoms with Crippen LogP contribution in [-0.4, -0.2) is 73.0 Å². The summed E-state index contributed by atoms with van der Waals surface area (Å²) in [5.41, 5.74) is 0. The molecule has 0 fully saturated rings. The number of hydrogen-bond acceptors (Lipinski definition) is 4. The molecule has 1 atom stereocenters. The van der Waals surface area contributed by atoms with E-state index in [1.54, 1.807) is 0 Å². The molecule has 19 heavy (non-hydrogen) atoms. The Morgan fingerprint density at radius 1 is 1.21 bits per heavy atom. The van der Waals surface area contributed by atoms with Gasteiger partial charge >= 0.3 is 5.97 Å². The summed E-state index contributed by atoms with van der Waals surface area (Å²) >= 11 is 0. The van der Waals surface area contributed by atoms with E-state index < -0.39 is 12.0 Å². The monoisotopic (exact) mass is 273 g/mol. The summed E-state index contributed by atoms with van der Waals surface area (Å²) in [6.45, 7) is 2.49. The van der Waals surface area contributed by atoms with Gasteiger partial charge in [0.15, 0.2) is 0 Å². The Morgan fingerprint density at radius 3 is 2.21 bits per heavy atom. The van der Waals surface area contributed by atoms with Gasteiger partial charge < -0.3 is 20.2 Å². The summed E-state index contributed by atoms with van der Waals surface area (Å²) in [4.78, 5) is 37.0. The first-order valence-electron chi connectivity index (χ1n) is 6.13. The number of amides is 2. The van der Waals surface area contributed by atoms with Crippen molar-refractivity contribution in [3.63, 3.8) is 0 Å². The number of carboxylic acid groups (broad SMARTS) is 1. The number of carbonyl (C=O) groups is 3. The quantitative estimate of drug-likeness (QED) is 0.615. The fourth-order valence-electron chi connectivity index (χ4n) is 1.50. The molecule has 0 bridgehead atoms. The molecule has 0 aromatic heterocycles. The van der Waals surface area contributed by atoms with E-state index >= 15 is 0 Å². The Labute approximate surface area is 113 Å². The van der Waals surface area contributed by atoms with Crippen molar-refractivity contribution in [2.24, 2.45) is 0 Å². The fourth-order valence-corrected chi connectivity index (χ4v) is 1.50. The topological polar surface area (TPSA) is 90.0 Å². The number of aliphatic carboxylic acids is 1. The van der Waals surface area contributed by atoms with Crippen LogP contribution in [0.15, 0.2) is 0 Å². The zero-order valence-electron chi connectivity index (χ0n) is 12.0. The molecule has 0 saturated heterocycles. The molecular formula is C12H23N3O4. The first-order chi connectivity index (χ1) is 8.75. The minimum atomic E-state index is -0.983. The van der Waals surface area contributed by atoms with E-state index in [0.29, 0.717) is 13.1 Å². The molecule has 2 N–H and O–H groups in total. The Bertz CT molecular complexity index is 331. The van der Waals surface area contributed by atoms with Crippen LogP contribution in [0, 0.1) is 0 Å². The highest BCUT2D eigenvalue weighted by atomic mass is 16.4. The van der Waals surface area contributed by atoms with E-state index in [2.05, 4.69) is 5.32 Å². The first-order valence-corrected chi connectivity index (χ1v) is 6.13. The number of likely N-dealkylation sites (N-methyl/N-ethyl adjacent to an activating group) is 2. The third-order valence-corrected chi connectivity index (χ3v) is 2.76. The molecule has 1 unspecified atom stereocenters. The van der Waals surface area contributed by atoms with Gasteiger partial charge in [-0.05, 0) is 20.5 Å². The highest BCUT2D eigenvalue weighted by molar-refractivity contribution is 5.87. The van der Waals surface area contributed by atoms with E-state index in [1.807, 2.05) is 19.0 Å². The fraction of sp³-hybridized carbons (Fsp3) is 0.750. The SMILES string of the molecule is CC(=O)N(C)C(CCC(=O)O)C(=O)NCCN(C)C. The molecule has 0 heterocycles. The smallest absolute Gasteiger partial charge is 0.303 e. The van der Waals surface area contributed by atoms with Gasteiger partial charge in [0.05, 0.1) is 0 Å². The van der Waals surface area contributed by atoms with E-state index in [9.17, 15) is 14.4 Å². The summed E-state index contributed by atoms with van der Waals surface area (Å²) in [6.07, 6.45) is -0.0391. The average molecular weight is 273 g/mol. The molecule has 0 aromatic rings. The number of nitrogens with zero attached hydrogens (tertiary/aromatic N) is 2. The van der Waals surface area contributed by atoms with Crippen LogP contribution in [-0.2, 0) is 14.4 Å². The summed E-state index contributed by atoms with van der Waals surface area (Å²) in [5, 5.41) is 11.4. The highest BCUT2D eigenvalue weighted by Gasteiger charge is 2.25. The van der Waals surface area contributed by atoms with Crippen LogP contribution in [0.2, 0.25) is 0 Å². The van der Waals surface area contributed by atoms with Crippen LogP contribution in [0.1, 0.15) is 19.8 Å². The van der Waals surface area contributed by atoms with Crippen LogP contribution in [0.5, 0.6) is 0 Å². The van der Waals surface area contributed by atoms with Crippen molar-refractivity contribution in [2.75, 3.05) is 34.2 Å². The van der Waals surface area contributed by atoms with E-state index in [-0.39, 0.29) is 24.7 Å². The molecule has 0 rings (SSSR count). The normalized spacial score (nSPS) is 12.1. The number of nitrogens with one attached hydrogen (secondary N) is 1. The van der Waals surface area contributed by atoms with E-state index in [4.69, 9.17) is 5.11 Å². The molecule has 0 aliphatic heterocycles. The summed E-state index contributed by atoms with van der Waals surface area (Å²) < 4.78 is 0. The van der Waals surface area contributed by atoms with E-state index in [1.165, 1.54) is 18.9 Å². The minimum absolute atomic E-state index is 0.110. The second kappa shape index (κ2) is 8.47. The van der Waals surface area contributed by atoms with Crippen molar-refractivity contribution in [3.05, 3.63) is 0 Å². The second-order valence-electron chi connectivity index (χ2n) is 4.67. The zero-order valence-corrected chi connectivity index (χ0v) is 12.0. The van der Waals surface area contributed by atoms with Gasteiger partial charge in [-0.3, -0.25) is 14.4 Å². The van der Waals surface area contributed by atoms with Gasteiger partial charge in [0, 0.05) is 33.5 Å². The van der Waals surface area contributed by atoms with Crippen molar-refractivity contribution in [2.45, 2.75) is 25.8 Å². The Morgan fingerprint density at radius 2 is 1.79 bits per heavy atom. The molecule has 0 spiro atoms. The van der Waals surface area contributed by atoms with Crippen molar-refractivity contribution in [3.8, 4) is 0 Å². The number of carboxylic acids is 1. The molecule has 0 radical (unpaired) electrons. The Hall–Kier alpha value is -1.63. The van der Waals surface area contributed by atoms with Crippen molar-refractivity contribution >= 4 is 17.8 Å². The van der Waals surface area contributed by atoms with Gasteiger partial charge in [-0.2, -0.15) is 0 Å². The summed E-state index contributed by atoms with van der Waals surface area (Å²) in [5.74, 6) is -1.57. The van der Waals surface area contributed by atoms with Gasteiger partial charge in [0.2, 0.25) is 11.8 Å². The lowest BCUT2D eigenvalue weighted by Gasteiger charge is -2.26. The van der Waals surface area contributed by atoms with Crippen LogP contribution in [0.4, 0.5) is 0 Å². The highest BCUT2D eigenvalue weighted by Crippen LogP contribution is 2.06. The molecule has 7 nitrogen and oxygen atoms in total. The third-order valence-electron chi connectivity index (χ3n) is 2.76. The summed E-state index contributed by atoms with van der Waals surface area (Å²) in [7, 11) is 5.27. The lowest BCUT2D eigenvalue weighted by atomic mass is 10.1. The lowest BCUT2D eigenvalue weighted by molar-refractivity contribution is -0.141. The molecule has 2 amide bonds. The minimum Gasteiger partial charge on any atom is -0.481 e. The van der Waals surface area contributed by atoms with E-state index in [0.717, 1.165) is 0 Å². The molecule has 0 saturated carbocycles. The standard InChI is InChI=1S/C12H23N3O4/c1-9(16)15(4)10(5-6-11(17)18)12(19)13-7-8-14(2)3/h10H,5-8H2,1-4H3,(H,13,19)(H,17,18). The maximum absolute atomic E-state index is 12.0. The Kier molecular flexibility index (Phi) is 7.74. The van der Waals surface area contributed by atoms with Crippen molar-refractivity contribution < 1.29 is 19.5 Å². The number of hydrogen-bond donors (Lipinski definition) is 2. The summed E-state index contributed by atoms with van der Waals surface area (Å²) in [6, 6.07) is -0.740. The molecule has 110 valence electrons. The van der Waals surface area contributed by atoms with Gasteiger partial charge in [-0.25, -0.2) is 0 Å². The van der Waals surface area contributed by atoms with Crippen LogP contribution in [0.25, 0.3) is 0 Å². The largest absolute Gasteiger partial charge is 0.481 e. The average Bonchev–Trinajstić information content (AvgIpc) is 2.27. The molecule has 0 aromatic carbocycles. The predicted molar refractivity (Wildman–Crippen MR) is 70.7 cm³/mol. The molecule has 0 aliphatic rings. The first kappa shape index (κ1) is 17.4.